The van der Waals surface area contributed by atoms with E-state index >= 15 is 0 Å². The quantitative estimate of drug-likeness (QED) is 0.574. The molecule has 3 rings (SSSR count). The molecular weight excluding hydrogens is 361 g/mol. The summed E-state index contributed by atoms with van der Waals surface area (Å²) in [4.78, 5) is 15.6. The lowest BCUT2D eigenvalue weighted by molar-refractivity contribution is 0.0509. The van der Waals surface area contributed by atoms with Crippen LogP contribution in [-0.2, 0) is 4.74 Å². The Labute approximate surface area is 164 Å². The molecule has 7 heteroatoms. The minimum Gasteiger partial charge on any atom is -0.491 e. The van der Waals surface area contributed by atoms with E-state index in [2.05, 4.69) is 10.3 Å². The van der Waals surface area contributed by atoms with Crippen LogP contribution in [0.3, 0.4) is 0 Å². The number of hydrogen-bond donors (Lipinski definition) is 2. The number of carbonyl (C=O) groups is 1. The second-order valence-electron chi connectivity index (χ2n) is 8.28. The largest absolute Gasteiger partial charge is 0.491 e. The SMILES string of the molecule is CC(C)(C)OC(=O)NCC1(COc2cnc(F)c(-c3cccc(N)c3)c2)CC1. The van der Waals surface area contributed by atoms with E-state index in [1.54, 1.807) is 30.3 Å². The molecule has 1 aliphatic carbocycles. The van der Waals surface area contributed by atoms with E-state index in [0.717, 1.165) is 12.8 Å². The number of nitrogens with two attached hydrogens (primary N) is 1. The summed E-state index contributed by atoms with van der Waals surface area (Å²) in [5.74, 6) is -0.104. The molecule has 1 fully saturated rings. The van der Waals surface area contributed by atoms with Gasteiger partial charge in [-0.3, -0.25) is 0 Å². The molecule has 0 aliphatic heterocycles. The van der Waals surface area contributed by atoms with Crippen molar-refractivity contribution < 1.29 is 18.7 Å². The van der Waals surface area contributed by atoms with E-state index in [-0.39, 0.29) is 5.41 Å². The predicted molar refractivity (Wildman–Crippen MR) is 105 cm³/mol. The molecule has 0 saturated heterocycles. The zero-order chi connectivity index (χ0) is 20.4. The van der Waals surface area contributed by atoms with E-state index in [1.165, 1.54) is 6.20 Å². The van der Waals surface area contributed by atoms with Crippen molar-refractivity contribution in [2.24, 2.45) is 5.41 Å². The van der Waals surface area contributed by atoms with Gasteiger partial charge in [0.2, 0.25) is 5.95 Å². The molecule has 1 aliphatic rings. The lowest BCUT2D eigenvalue weighted by atomic mass is 10.1. The molecule has 6 nitrogen and oxygen atoms in total. The molecule has 2 aromatic rings. The lowest BCUT2D eigenvalue weighted by Gasteiger charge is -2.22. The van der Waals surface area contributed by atoms with Gasteiger partial charge in [0.15, 0.2) is 0 Å². The Bertz CT molecular complexity index is 860. The summed E-state index contributed by atoms with van der Waals surface area (Å²) in [6, 6.07) is 8.59. The monoisotopic (exact) mass is 387 g/mol. The molecule has 1 amide bonds. The molecule has 0 unspecified atom stereocenters. The molecular formula is C21H26FN3O3. The van der Waals surface area contributed by atoms with Crippen molar-refractivity contribution in [3.8, 4) is 16.9 Å². The Kier molecular flexibility index (Phi) is 5.45. The number of nitrogen functional groups attached to an aromatic ring is 1. The van der Waals surface area contributed by atoms with Gasteiger partial charge in [-0.15, -0.1) is 0 Å². The number of hydrogen-bond acceptors (Lipinski definition) is 5. The number of nitrogens with zero attached hydrogens (tertiary/aromatic N) is 1. The van der Waals surface area contributed by atoms with E-state index in [9.17, 15) is 9.18 Å². The Morgan fingerprint density at radius 1 is 1.32 bits per heavy atom. The summed E-state index contributed by atoms with van der Waals surface area (Å²) in [7, 11) is 0. The Balaban J connectivity index is 1.60. The van der Waals surface area contributed by atoms with Crippen LogP contribution < -0.4 is 15.8 Å². The average molecular weight is 387 g/mol. The van der Waals surface area contributed by atoms with Gasteiger partial charge in [0.25, 0.3) is 0 Å². The molecule has 0 bridgehead atoms. The van der Waals surface area contributed by atoms with Gasteiger partial charge in [-0.1, -0.05) is 12.1 Å². The second-order valence-corrected chi connectivity index (χ2v) is 8.28. The zero-order valence-corrected chi connectivity index (χ0v) is 16.4. The van der Waals surface area contributed by atoms with Gasteiger partial charge in [-0.2, -0.15) is 4.39 Å². The number of ether oxygens (including phenoxy) is 2. The topological polar surface area (TPSA) is 86.5 Å². The molecule has 150 valence electrons. The number of rotatable bonds is 6. The summed E-state index contributed by atoms with van der Waals surface area (Å²) >= 11 is 0. The zero-order valence-electron chi connectivity index (χ0n) is 16.4. The van der Waals surface area contributed by atoms with Gasteiger partial charge in [0.05, 0.1) is 12.8 Å². The third-order valence-corrected chi connectivity index (χ3v) is 4.52. The summed E-state index contributed by atoms with van der Waals surface area (Å²) in [5, 5.41) is 2.80. The van der Waals surface area contributed by atoms with Crippen LogP contribution in [0.25, 0.3) is 11.1 Å². The van der Waals surface area contributed by atoms with Crippen molar-refractivity contribution in [1.29, 1.82) is 0 Å². The van der Waals surface area contributed by atoms with Crippen molar-refractivity contribution >= 4 is 11.8 Å². The van der Waals surface area contributed by atoms with Gasteiger partial charge in [0, 0.05) is 23.2 Å². The van der Waals surface area contributed by atoms with Crippen LogP contribution in [0.15, 0.2) is 36.5 Å². The van der Waals surface area contributed by atoms with Crippen LogP contribution in [0.2, 0.25) is 0 Å². The standard InChI is InChI=1S/C21H26FN3O3/c1-20(2,3)28-19(26)25-12-21(7-8-21)13-27-16-10-17(18(22)24-11-16)14-5-4-6-15(23)9-14/h4-6,9-11H,7-8,12-13,23H2,1-3H3,(H,25,26). The van der Waals surface area contributed by atoms with Gasteiger partial charge in [0.1, 0.15) is 11.4 Å². The average Bonchev–Trinajstić information content (AvgIpc) is 3.38. The van der Waals surface area contributed by atoms with E-state index in [1.807, 2.05) is 20.8 Å². The fourth-order valence-electron chi connectivity index (χ4n) is 2.78. The van der Waals surface area contributed by atoms with Crippen molar-refractivity contribution in [3.63, 3.8) is 0 Å². The van der Waals surface area contributed by atoms with Crippen molar-refractivity contribution in [2.75, 3.05) is 18.9 Å². The molecule has 0 spiro atoms. The Morgan fingerprint density at radius 2 is 2.07 bits per heavy atom. The number of amides is 1. The van der Waals surface area contributed by atoms with Gasteiger partial charge in [-0.05, 0) is 57.4 Å². The van der Waals surface area contributed by atoms with Crippen LogP contribution in [0.1, 0.15) is 33.6 Å². The van der Waals surface area contributed by atoms with Gasteiger partial charge >= 0.3 is 6.09 Å². The number of pyridine rings is 1. The fraction of sp³-hybridized carbons (Fsp3) is 0.429. The van der Waals surface area contributed by atoms with Gasteiger partial charge < -0.3 is 20.5 Å². The Morgan fingerprint density at radius 3 is 2.71 bits per heavy atom. The molecule has 1 heterocycles. The van der Waals surface area contributed by atoms with Crippen LogP contribution >= 0.6 is 0 Å². The maximum absolute atomic E-state index is 14.1. The molecule has 1 saturated carbocycles. The van der Waals surface area contributed by atoms with Crippen LogP contribution in [-0.4, -0.2) is 29.8 Å². The number of anilines is 1. The number of halogens is 1. The molecule has 1 aromatic heterocycles. The van der Waals surface area contributed by atoms with Crippen molar-refractivity contribution in [3.05, 3.63) is 42.5 Å². The summed E-state index contributed by atoms with van der Waals surface area (Å²) < 4.78 is 25.3. The van der Waals surface area contributed by atoms with E-state index in [4.69, 9.17) is 15.2 Å². The first kappa shape index (κ1) is 19.9. The second kappa shape index (κ2) is 7.66. The van der Waals surface area contributed by atoms with Gasteiger partial charge in [-0.25, -0.2) is 9.78 Å². The van der Waals surface area contributed by atoms with Crippen molar-refractivity contribution in [2.45, 2.75) is 39.2 Å². The summed E-state index contributed by atoms with van der Waals surface area (Å²) in [6.07, 6.45) is 2.81. The highest BCUT2D eigenvalue weighted by Crippen LogP contribution is 2.45. The van der Waals surface area contributed by atoms with Crippen LogP contribution in [0.5, 0.6) is 5.75 Å². The normalized spacial score (nSPS) is 15.0. The van der Waals surface area contributed by atoms with E-state index < -0.39 is 17.6 Å². The first-order valence-corrected chi connectivity index (χ1v) is 9.27. The maximum Gasteiger partial charge on any atom is 0.407 e. The molecule has 28 heavy (non-hydrogen) atoms. The molecule has 0 atom stereocenters. The van der Waals surface area contributed by atoms with Crippen molar-refractivity contribution in [1.82, 2.24) is 10.3 Å². The third kappa shape index (κ3) is 5.34. The predicted octanol–water partition coefficient (Wildman–Crippen LogP) is 4.15. The number of aromatic nitrogens is 1. The molecule has 0 radical (unpaired) electrons. The molecule has 1 aromatic carbocycles. The minimum atomic E-state index is -0.578. The third-order valence-electron chi connectivity index (χ3n) is 4.52. The number of benzene rings is 1. The smallest absolute Gasteiger partial charge is 0.407 e. The maximum atomic E-state index is 14.1. The lowest BCUT2D eigenvalue weighted by Crippen LogP contribution is -2.37. The minimum absolute atomic E-state index is 0.122. The highest BCUT2D eigenvalue weighted by Gasteiger charge is 2.44. The highest BCUT2D eigenvalue weighted by molar-refractivity contribution is 5.68. The number of alkyl carbamates (subject to hydrolysis) is 1. The molecule has 3 N–H and O–H groups in total. The van der Waals surface area contributed by atoms with Crippen LogP contribution in [0, 0.1) is 11.4 Å². The Hall–Kier alpha value is -2.83. The first-order chi connectivity index (χ1) is 13.2. The summed E-state index contributed by atoms with van der Waals surface area (Å²) in [6.45, 7) is 6.34. The fourth-order valence-corrected chi connectivity index (χ4v) is 2.78. The highest BCUT2D eigenvalue weighted by atomic mass is 19.1. The number of carbonyl (C=O) groups excluding carboxylic acids is 1. The summed E-state index contributed by atoms with van der Waals surface area (Å²) in [5.41, 5.74) is 6.66. The van der Waals surface area contributed by atoms with Crippen LogP contribution in [0.4, 0.5) is 14.9 Å². The number of nitrogens with one attached hydrogen (secondary N) is 1. The first-order valence-electron chi connectivity index (χ1n) is 9.27. The van der Waals surface area contributed by atoms with E-state index in [0.29, 0.717) is 35.7 Å².